The maximum absolute atomic E-state index is 12.7. The standard InChI is InChI=1S/C12H17F3N2O/c1-5-11(2,3)18-10-7-8(12(13,14)15)6-9(16-4)17-10/h6-7H,5H2,1-4H3,(H,16,17). The normalized spacial score (nSPS) is 12.4. The van der Waals surface area contributed by atoms with Crippen LogP contribution in [0.15, 0.2) is 12.1 Å². The zero-order valence-electron chi connectivity index (χ0n) is 10.9. The van der Waals surface area contributed by atoms with E-state index in [2.05, 4.69) is 10.3 Å². The highest BCUT2D eigenvalue weighted by Crippen LogP contribution is 2.33. The van der Waals surface area contributed by atoms with E-state index in [-0.39, 0.29) is 11.7 Å². The topological polar surface area (TPSA) is 34.1 Å². The van der Waals surface area contributed by atoms with Gasteiger partial charge in [0.05, 0.1) is 5.56 Å². The summed E-state index contributed by atoms with van der Waals surface area (Å²) >= 11 is 0. The molecule has 18 heavy (non-hydrogen) atoms. The number of rotatable bonds is 4. The van der Waals surface area contributed by atoms with Crippen LogP contribution in [-0.2, 0) is 6.18 Å². The molecule has 6 heteroatoms. The third kappa shape index (κ3) is 3.78. The van der Waals surface area contributed by atoms with E-state index in [0.717, 1.165) is 12.1 Å². The minimum Gasteiger partial charge on any atom is -0.472 e. The average molecular weight is 262 g/mol. The van der Waals surface area contributed by atoms with Crippen molar-refractivity contribution in [3.63, 3.8) is 0 Å². The Bertz CT molecular complexity index is 416. The van der Waals surface area contributed by atoms with E-state index in [1.165, 1.54) is 7.05 Å². The van der Waals surface area contributed by atoms with Gasteiger partial charge in [-0.2, -0.15) is 18.2 Å². The smallest absolute Gasteiger partial charge is 0.416 e. The van der Waals surface area contributed by atoms with Crippen LogP contribution in [0.2, 0.25) is 0 Å². The largest absolute Gasteiger partial charge is 0.472 e. The summed E-state index contributed by atoms with van der Waals surface area (Å²) in [7, 11) is 1.51. The summed E-state index contributed by atoms with van der Waals surface area (Å²) in [5.74, 6) is 0.104. The highest BCUT2D eigenvalue weighted by molar-refractivity contribution is 5.42. The molecule has 0 spiro atoms. The van der Waals surface area contributed by atoms with Gasteiger partial charge in [0.15, 0.2) is 0 Å². The Morgan fingerprint density at radius 3 is 2.33 bits per heavy atom. The van der Waals surface area contributed by atoms with Gasteiger partial charge in [-0.1, -0.05) is 6.92 Å². The Balaban J connectivity index is 3.13. The summed E-state index contributed by atoms with van der Waals surface area (Å²) in [6.07, 6.45) is -3.75. The average Bonchev–Trinajstić information content (AvgIpc) is 2.27. The Hall–Kier alpha value is -1.46. The van der Waals surface area contributed by atoms with Crippen LogP contribution in [0, 0.1) is 0 Å². The van der Waals surface area contributed by atoms with Crippen LogP contribution in [0.4, 0.5) is 19.0 Å². The SMILES string of the molecule is CCC(C)(C)Oc1cc(C(F)(F)F)cc(NC)n1. The fourth-order valence-electron chi connectivity index (χ4n) is 1.20. The molecule has 3 nitrogen and oxygen atoms in total. The Morgan fingerprint density at radius 1 is 1.28 bits per heavy atom. The molecule has 0 amide bonds. The number of halogens is 3. The molecule has 0 aliphatic carbocycles. The van der Waals surface area contributed by atoms with Gasteiger partial charge in [-0.15, -0.1) is 0 Å². The molecule has 0 bridgehead atoms. The summed E-state index contributed by atoms with van der Waals surface area (Å²) in [5, 5.41) is 2.59. The third-order valence-electron chi connectivity index (χ3n) is 2.62. The highest BCUT2D eigenvalue weighted by Gasteiger charge is 2.32. The van der Waals surface area contributed by atoms with Crippen LogP contribution in [0.5, 0.6) is 5.88 Å². The van der Waals surface area contributed by atoms with Gasteiger partial charge in [0.25, 0.3) is 0 Å². The van der Waals surface area contributed by atoms with Crippen LogP contribution in [-0.4, -0.2) is 17.6 Å². The predicted molar refractivity (Wildman–Crippen MR) is 63.8 cm³/mol. The molecule has 0 atom stereocenters. The van der Waals surface area contributed by atoms with Gasteiger partial charge in [-0.05, 0) is 26.3 Å². The first-order valence-corrected chi connectivity index (χ1v) is 5.64. The van der Waals surface area contributed by atoms with Crippen molar-refractivity contribution in [2.45, 2.75) is 39.0 Å². The lowest BCUT2D eigenvalue weighted by Crippen LogP contribution is -2.27. The molecule has 0 aliphatic heterocycles. The lowest BCUT2D eigenvalue weighted by Gasteiger charge is -2.24. The van der Waals surface area contributed by atoms with Crippen molar-refractivity contribution < 1.29 is 17.9 Å². The molecule has 1 heterocycles. The first kappa shape index (κ1) is 14.6. The van der Waals surface area contributed by atoms with Gasteiger partial charge in [0, 0.05) is 13.1 Å². The van der Waals surface area contributed by atoms with Crippen LogP contribution in [0.1, 0.15) is 32.8 Å². The number of anilines is 1. The number of pyridine rings is 1. The van der Waals surface area contributed by atoms with E-state index in [9.17, 15) is 13.2 Å². The minimum absolute atomic E-state index is 0.0268. The van der Waals surface area contributed by atoms with Crippen molar-refractivity contribution in [2.75, 3.05) is 12.4 Å². The quantitative estimate of drug-likeness (QED) is 0.898. The second-order valence-corrected chi connectivity index (χ2v) is 4.54. The third-order valence-corrected chi connectivity index (χ3v) is 2.62. The molecule has 1 rings (SSSR count). The molecular weight excluding hydrogens is 245 g/mol. The fraction of sp³-hybridized carbons (Fsp3) is 0.583. The van der Waals surface area contributed by atoms with Crippen molar-refractivity contribution >= 4 is 5.82 Å². The molecular formula is C12H17F3N2O. The predicted octanol–water partition coefficient (Wildman–Crippen LogP) is 3.71. The van der Waals surface area contributed by atoms with Crippen molar-refractivity contribution in [3.05, 3.63) is 17.7 Å². The van der Waals surface area contributed by atoms with E-state index in [1.54, 1.807) is 13.8 Å². The van der Waals surface area contributed by atoms with Gasteiger partial charge in [-0.3, -0.25) is 0 Å². The Labute approximate surface area is 104 Å². The van der Waals surface area contributed by atoms with Gasteiger partial charge in [0.2, 0.25) is 5.88 Å². The number of hydrogen-bond donors (Lipinski definition) is 1. The Morgan fingerprint density at radius 2 is 1.89 bits per heavy atom. The van der Waals surface area contributed by atoms with E-state index < -0.39 is 17.3 Å². The summed E-state index contributed by atoms with van der Waals surface area (Å²) < 4.78 is 43.5. The van der Waals surface area contributed by atoms with Gasteiger partial charge in [-0.25, -0.2) is 0 Å². The summed E-state index contributed by atoms with van der Waals surface area (Å²) in [6, 6.07) is 1.87. The van der Waals surface area contributed by atoms with E-state index in [0.29, 0.717) is 6.42 Å². The molecule has 0 fully saturated rings. The molecule has 0 radical (unpaired) electrons. The molecule has 1 N–H and O–H groups in total. The van der Waals surface area contributed by atoms with Crippen molar-refractivity contribution in [1.82, 2.24) is 4.98 Å². The highest BCUT2D eigenvalue weighted by atomic mass is 19.4. The zero-order chi connectivity index (χ0) is 14.0. The van der Waals surface area contributed by atoms with Gasteiger partial charge >= 0.3 is 6.18 Å². The summed E-state index contributed by atoms with van der Waals surface area (Å²) in [6.45, 7) is 5.49. The van der Waals surface area contributed by atoms with Gasteiger partial charge < -0.3 is 10.1 Å². The number of hydrogen-bond acceptors (Lipinski definition) is 3. The van der Waals surface area contributed by atoms with Crippen LogP contribution >= 0.6 is 0 Å². The van der Waals surface area contributed by atoms with Crippen LogP contribution < -0.4 is 10.1 Å². The molecule has 0 saturated carbocycles. The first-order chi connectivity index (χ1) is 8.18. The lowest BCUT2D eigenvalue weighted by molar-refractivity contribution is -0.137. The van der Waals surface area contributed by atoms with E-state index in [1.807, 2.05) is 6.92 Å². The van der Waals surface area contributed by atoms with Crippen LogP contribution in [0.25, 0.3) is 0 Å². The molecule has 0 aliphatic rings. The zero-order valence-corrected chi connectivity index (χ0v) is 10.9. The molecule has 1 aromatic heterocycles. The number of ether oxygens (including phenoxy) is 1. The van der Waals surface area contributed by atoms with Crippen molar-refractivity contribution in [2.24, 2.45) is 0 Å². The molecule has 1 aromatic rings. The molecule has 0 unspecified atom stereocenters. The lowest BCUT2D eigenvalue weighted by atomic mass is 10.1. The molecule has 0 saturated heterocycles. The fourth-order valence-corrected chi connectivity index (χ4v) is 1.20. The summed E-state index contributed by atoms with van der Waals surface area (Å²) in [5.41, 5.74) is -1.33. The van der Waals surface area contributed by atoms with Crippen molar-refractivity contribution in [1.29, 1.82) is 0 Å². The second-order valence-electron chi connectivity index (χ2n) is 4.54. The maximum Gasteiger partial charge on any atom is 0.416 e. The molecule has 0 aromatic carbocycles. The maximum atomic E-state index is 12.7. The number of alkyl halides is 3. The van der Waals surface area contributed by atoms with Crippen LogP contribution in [0.3, 0.4) is 0 Å². The number of aromatic nitrogens is 1. The number of nitrogens with zero attached hydrogens (tertiary/aromatic N) is 1. The minimum atomic E-state index is -4.41. The van der Waals surface area contributed by atoms with E-state index >= 15 is 0 Å². The van der Waals surface area contributed by atoms with Crippen molar-refractivity contribution in [3.8, 4) is 5.88 Å². The monoisotopic (exact) mass is 262 g/mol. The van der Waals surface area contributed by atoms with Gasteiger partial charge in [0.1, 0.15) is 11.4 Å². The summed E-state index contributed by atoms with van der Waals surface area (Å²) in [4.78, 5) is 3.97. The number of nitrogens with one attached hydrogen (secondary N) is 1. The first-order valence-electron chi connectivity index (χ1n) is 5.64. The Kier molecular flexibility index (Phi) is 4.09. The molecule has 102 valence electrons. The second kappa shape index (κ2) is 5.04. The van der Waals surface area contributed by atoms with E-state index in [4.69, 9.17) is 4.74 Å².